The number of benzene rings is 1. The number of likely N-dealkylation sites (N-methyl/N-ethyl adjacent to an activating group) is 1. The number of carbonyl (C=O) groups is 2. The Morgan fingerprint density at radius 1 is 1.35 bits per heavy atom. The molecule has 0 bridgehead atoms. The van der Waals surface area contributed by atoms with Gasteiger partial charge < -0.3 is 19.2 Å². The molecule has 1 heterocycles. The Morgan fingerprint density at radius 3 is 2.70 bits per heavy atom. The number of aromatic carboxylic acids is 1. The molecule has 0 radical (unpaired) electrons. The molecule has 1 aromatic heterocycles. The third-order valence-corrected chi connectivity index (χ3v) is 3.41. The predicted octanol–water partition coefficient (Wildman–Crippen LogP) is 2.98. The SMILES string of the molecule is Cc1oc(CN(C)C(=O)COc2cccc(Cl)c2)cc1C(=O)O. The maximum atomic E-state index is 12.0. The Balaban J connectivity index is 1.92. The molecular weight excluding hydrogens is 322 g/mol. The fourth-order valence-electron chi connectivity index (χ4n) is 1.97. The number of rotatable bonds is 6. The highest BCUT2D eigenvalue weighted by molar-refractivity contribution is 6.30. The molecule has 0 saturated heterocycles. The number of ether oxygens (including phenoxy) is 1. The zero-order valence-corrected chi connectivity index (χ0v) is 13.5. The van der Waals surface area contributed by atoms with E-state index >= 15 is 0 Å². The molecule has 7 heteroatoms. The number of carboxylic acids is 1. The summed E-state index contributed by atoms with van der Waals surface area (Å²) in [6, 6.07) is 8.17. The summed E-state index contributed by atoms with van der Waals surface area (Å²) in [5, 5.41) is 9.51. The van der Waals surface area contributed by atoms with Crippen LogP contribution in [-0.2, 0) is 11.3 Å². The number of furan rings is 1. The van der Waals surface area contributed by atoms with Gasteiger partial charge in [-0.05, 0) is 31.2 Å². The van der Waals surface area contributed by atoms with Crippen LogP contribution in [0.25, 0.3) is 0 Å². The topological polar surface area (TPSA) is 80.0 Å². The molecule has 23 heavy (non-hydrogen) atoms. The van der Waals surface area contributed by atoms with Crippen LogP contribution in [-0.4, -0.2) is 35.5 Å². The van der Waals surface area contributed by atoms with Crippen molar-refractivity contribution in [1.29, 1.82) is 0 Å². The van der Waals surface area contributed by atoms with E-state index in [1.54, 1.807) is 38.2 Å². The third kappa shape index (κ3) is 4.50. The summed E-state index contributed by atoms with van der Waals surface area (Å²) in [5.41, 5.74) is 0.0935. The highest BCUT2D eigenvalue weighted by atomic mass is 35.5. The van der Waals surface area contributed by atoms with Crippen molar-refractivity contribution in [2.45, 2.75) is 13.5 Å². The monoisotopic (exact) mass is 337 g/mol. The van der Waals surface area contributed by atoms with Gasteiger partial charge in [0.15, 0.2) is 6.61 Å². The summed E-state index contributed by atoms with van der Waals surface area (Å²) in [4.78, 5) is 24.4. The van der Waals surface area contributed by atoms with Gasteiger partial charge in [-0.1, -0.05) is 17.7 Å². The maximum Gasteiger partial charge on any atom is 0.339 e. The molecule has 0 spiro atoms. The molecule has 0 aliphatic rings. The van der Waals surface area contributed by atoms with Crippen LogP contribution in [0.3, 0.4) is 0 Å². The second kappa shape index (κ2) is 7.19. The van der Waals surface area contributed by atoms with Crippen molar-refractivity contribution in [2.24, 2.45) is 0 Å². The van der Waals surface area contributed by atoms with Gasteiger partial charge in [0, 0.05) is 12.1 Å². The molecule has 2 aromatic rings. The van der Waals surface area contributed by atoms with Crippen molar-refractivity contribution in [3.8, 4) is 5.75 Å². The van der Waals surface area contributed by atoms with Gasteiger partial charge in [-0.25, -0.2) is 4.79 Å². The standard InChI is InChI=1S/C16H16ClNO5/c1-10-14(16(20)21)7-13(23-10)8-18(2)15(19)9-22-12-5-3-4-11(17)6-12/h3-7H,8-9H2,1-2H3,(H,20,21). The van der Waals surface area contributed by atoms with Crippen LogP contribution >= 0.6 is 11.6 Å². The first-order valence-corrected chi connectivity index (χ1v) is 7.19. The van der Waals surface area contributed by atoms with E-state index < -0.39 is 5.97 Å². The van der Waals surface area contributed by atoms with Gasteiger partial charge in [0.1, 0.15) is 22.8 Å². The number of hydrogen-bond donors (Lipinski definition) is 1. The Hall–Kier alpha value is -2.47. The predicted molar refractivity (Wildman–Crippen MR) is 83.8 cm³/mol. The average molecular weight is 338 g/mol. The van der Waals surface area contributed by atoms with E-state index in [1.165, 1.54) is 11.0 Å². The van der Waals surface area contributed by atoms with Gasteiger partial charge >= 0.3 is 5.97 Å². The van der Waals surface area contributed by atoms with E-state index in [-0.39, 0.29) is 24.6 Å². The van der Waals surface area contributed by atoms with Gasteiger partial charge in [-0.2, -0.15) is 0 Å². The minimum Gasteiger partial charge on any atom is -0.484 e. The van der Waals surface area contributed by atoms with Crippen molar-refractivity contribution in [1.82, 2.24) is 4.90 Å². The molecule has 6 nitrogen and oxygen atoms in total. The molecule has 0 aliphatic heterocycles. The van der Waals surface area contributed by atoms with Crippen molar-refractivity contribution < 1.29 is 23.8 Å². The highest BCUT2D eigenvalue weighted by Gasteiger charge is 2.17. The number of carboxylic acid groups (broad SMARTS) is 1. The van der Waals surface area contributed by atoms with Gasteiger partial charge in [-0.15, -0.1) is 0 Å². The van der Waals surface area contributed by atoms with Crippen LogP contribution in [0.1, 0.15) is 21.9 Å². The Bertz CT molecular complexity index is 725. The van der Waals surface area contributed by atoms with E-state index in [0.29, 0.717) is 22.3 Å². The summed E-state index contributed by atoms with van der Waals surface area (Å²) in [7, 11) is 1.59. The quantitative estimate of drug-likeness (QED) is 0.876. The lowest BCUT2D eigenvalue weighted by molar-refractivity contribution is -0.132. The average Bonchev–Trinajstić information content (AvgIpc) is 2.85. The minimum atomic E-state index is -1.06. The molecule has 2 rings (SSSR count). The lowest BCUT2D eigenvalue weighted by Gasteiger charge is -2.16. The molecular formula is C16H16ClNO5. The van der Waals surface area contributed by atoms with Gasteiger partial charge in [0.25, 0.3) is 5.91 Å². The van der Waals surface area contributed by atoms with E-state index in [4.69, 9.17) is 25.9 Å². The van der Waals surface area contributed by atoms with Crippen molar-refractivity contribution in [3.05, 3.63) is 52.4 Å². The molecule has 0 aliphatic carbocycles. The minimum absolute atomic E-state index is 0.0935. The van der Waals surface area contributed by atoms with Gasteiger partial charge in [0.2, 0.25) is 0 Å². The zero-order valence-electron chi connectivity index (χ0n) is 12.7. The van der Waals surface area contributed by atoms with Crippen LogP contribution < -0.4 is 4.74 Å². The molecule has 0 unspecified atom stereocenters. The zero-order chi connectivity index (χ0) is 17.0. The first-order chi connectivity index (χ1) is 10.9. The fraction of sp³-hybridized carbons (Fsp3) is 0.250. The lowest BCUT2D eigenvalue weighted by Crippen LogP contribution is -2.30. The normalized spacial score (nSPS) is 10.4. The summed E-state index contributed by atoms with van der Waals surface area (Å²) >= 11 is 5.84. The first kappa shape index (κ1) is 16.9. The van der Waals surface area contributed by atoms with Gasteiger partial charge in [-0.3, -0.25) is 4.79 Å². The van der Waals surface area contributed by atoms with Crippen LogP contribution in [0.2, 0.25) is 5.02 Å². The van der Waals surface area contributed by atoms with E-state index in [0.717, 1.165) is 0 Å². The number of aryl methyl sites for hydroxylation is 1. The molecule has 1 N–H and O–H groups in total. The molecule has 1 amide bonds. The molecule has 122 valence electrons. The van der Waals surface area contributed by atoms with Crippen LogP contribution in [0, 0.1) is 6.92 Å². The number of carbonyl (C=O) groups excluding carboxylic acids is 1. The number of amides is 1. The number of nitrogens with zero attached hydrogens (tertiary/aromatic N) is 1. The Labute approximate surface area is 138 Å². The maximum absolute atomic E-state index is 12.0. The van der Waals surface area contributed by atoms with Crippen LogP contribution in [0.4, 0.5) is 0 Å². The lowest BCUT2D eigenvalue weighted by atomic mass is 10.2. The molecule has 0 fully saturated rings. The number of halogens is 1. The molecule has 0 saturated carbocycles. The first-order valence-electron chi connectivity index (χ1n) is 6.81. The second-order valence-electron chi connectivity index (χ2n) is 4.98. The summed E-state index contributed by atoms with van der Waals surface area (Å²) in [6.45, 7) is 1.57. The van der Waals surface area contributed by atoms with Crippen molar-refractivity contribution in [2.75, 3.05) is 13.7 Å². The molecule has 1 aromatic carbocycles. The van der Waals surface area contributed by atoms with Crippen LogP contribution in [0.5, 0.6) is 5.75 Å². The number of hydrogen-bond acceptors (Lipinski definition) is 4. The van der Waals surface area contributed by atoms with Crippen LogP contribution in [0.15, 0.2) is 34.7 Å². The van der Waals surface area contributed by atoms with E-state index in [9.17, 15) is 9.59 Å². The Kier molecular flexibility index (Phi) is 5.28. The fourth-order valence-corrected chi connectivity index (χ4v) is 2.15. The van der Waals surface area contributed by atoms with Gasteiger partial charge in [0.05, 0.1) is 6.54 Å². The van der Waals surface area contributed by atoms with E-state index in [1.807, 2.05) is 0 Å². The summed E-state index contributed by atoms with van der Waals surface area (Å²) in [6.07, 6.45) is 0. The third-order valence-electron chi connectivity index (χ3n) is 3.18. The highest BCUT2D eigenvalue weighted by Crippen LogP contribution is 2.18. The second-order valence-corrected chi connectivity index (χ2v) is 5.42. The smallest absolute Gasteiger partial charge is 0.339 e. The van der Waals surface area contributed by atoms with E-state index in [2.05, 4.69) is 0 Å². The Morgan fingerprint density at radius 2 is 2.09 bits per heavy atom. The largest absolute Gasteiger partial charge is 0.484 e. The molecule has 0 atom stereocenters. The van der Waals surface area contributed by atoms with Crippen molar-refractivity contribution >= 4 is 23.5 Å². The van der Waals surface area contributed by atoms with Crippen molar-refractivity contribution in [3.63, 3.8) is 0 Å². The summed E-state index contributed by atoms with van der Waals surface area (Å²) < 4.78 is 10.7. The summed E-state index contributed by atoms with van der Waals surface area (Å²) in [5.74, 6) is -0.116.